The third kappa shape index (κ3) is 11.1. The molecule has 1 aliphatic rings. The summed E-state index contributed by atoms with van der Waals surface area (Å²) in [6.45, 7) is 13.6. The predicted molar refractivity (Wildman–Crippen MR) is 249 cm³/mol. The van der Waals surface area contributed by atoms with Crippen LogP contribution in [0.3, 0.4) is 0 Å². The number of aromatic amines is 1. The largest absolute Gasteiger partial charge is 0.497 e. The molecule has 1 aliphatic heterocycles. The highest BCUT2D eigenvalue weighted by Crippen LogP contribution is 2.76. The molecule has 1 fully saturated rings. The van der Waals surface area contributed by atoms with Crippen LogP contribution in [0, 0.1) is 18.3 Å². The van der Waals surface area contributed by atoms with Crippen molar-refractivity contribution in [1.82, 2.24) is 19.1 Å². The molecule has 0 amide bonds. The fourth-order valence-corrected chi connectivity index (χ4v) is 12.8. The number of ether oxygens (including phenoxy) is 4. The third-order valence-corrected chi connectivity index (χ3v) is 15.8. The average Bonchev–Trinajstić information content (AvgIpc) is 3.29. The number of aromatic nitrogens is 2. The maximum absolute atomic E-state index is 13.9. The van der Waals surface area contributed by atoms with Gasteiger partial charge in [-0.3, -0.25) is 19.2 Å². The number of hydrogen-bond acceptors (Lipinski definition) is 11. The van der Waals surface area contributed by atoms with Crippen molar-refractivity contribution < 1.29 is 28.0 Å². The summed E-state index contributed by atoms with van der Waals surface area (Å²) in [4.78, 5) is 31.5. The molecule has 342 valence electrons. The van der Waals surface area contributed by atoms with Gasteiger partial charge in [0.05, 0.1) is 40.4 Å². The van der Waals surface area contributed by atoms with Gasteiger partial charge in [0.2, 0.25) is 0 Å². The van der Waals surface area contributed by atoms with E-state index in [-0.39, 0.29) is 31.7 Å². The van der Waals surface area contributed by atoms with Crippen LogP contribution in [0.15, 0.2) is 94.6 Å². The standard InChI is InChI=1S/C49H68N5O8P/c1-10-11-12-13-14-18-31-52-34-45(53-33-39(6)46(55)51-47(53)56)62-48(35-52,63(59-9,61-32-19-30-50)54(37(2)3)38(4)5)36-60-49(40-20-16-15-17-21-40,41-22-26-43(57-7)27-23-41)42-24-28-44(58-8)29-25-42/h15-17,20-29,33,37-38,45H,10-14,18-19,31-32,34-36H2,1-9H3/p+1/t45-,48+,63?/m1/s1. The lowest BCUT2D eigenvalue weighted by molar-refractivity contribution is -0.191. The number of rotatable bonds is 24. The molecule has 3 aromatic carbocycles. The molecular formula is C49H69N5O8P+. The van der Waals surface area contributed by atoms with E-state index in [2.05, 4.69) is 67.4 Å². The minimum Gasteiger partial charge on any atom is -0.497 e. The number of unbranched alkanes of at least 4 members (excludes halogenated alkanes) is 5. The molecule has 4 aromatic rings. The van der Waals surface area contributed by atoms with Crippen molar-refractivity contribution in [3.63, 3.8) is 0 Å². The van der Waals surface area contributed by atoms with Crippen LogP contribution in [0.25, 0.3) is 0 Å². The smallest absolute Gasteiger partial charge is 0.386 e. The Morgan fingerprint density at radius 2 is 1.44 bits per heavy atom. The number of H-pyrrole nitrogens is 1. The van der Waals surface area contributed by atoms with Crippen LogP contribution in [0.4, 0.5) is 0 Å². The van der Waals surface area contributed by atoms with Crippen molar-refractivity contribution in [2.24, 2.45) is 0 Å². The van der Waals surface area contributed by atoms with Crippen molar-refractivity contribution in [1.29, 1.82) is 5.26 Å². The van der Waals surface area contributed by atoms with Crippen LogP contribution in [0.1, 0.15) is 108 Å². The molecule has 0 spiro atoms. The van der Waals surface area contributed by atoms with Crippen LogP contribution in [0.5, 0.6) is 11.5 Å². The van der Waals surface area contributed by atoms with Gasteiger partial charge >= 0.3 is 13.6 Å². The maximum atomic E-state index is 13.9. The summed E-state index contributed by atoms with van der Waals surface area (Å²) in [5.41, 5.74) is 0.592. The number of aryl methyl sites for hydroxylation is 1. The fourth-order valence-electron chi connectivity index (χ4n) is 8.93. The van der Waals surface area contributed by atoms with E-state index in [9.17, 15) is 14.9 Å². The minimum atomic E-state index is -3.54. The summed E-state index contributed by atoms with van der Waals surface area (Å²) in [5.74, 6) is 1.38. The number of nitriles is 1. The summed E-state index contributed by atoms with van der Waals surface area (Å²) in [7, 11) is 1.39. The lowest BCUT2D eigenvalue weighted by Crippen LogP contribution is -2.62. The molecule has 1 saturated heterocycles. The lowest BCUT2D eigenvalue weighted by atomic mass is 9.80. The van der Waals surface area contributed by atoms with E-state index in [1.165, 1.54) is 17.4 Å². The third-order valence-electron chi connectivity index (χ3n) is 11.8. The lowest BCUT2D eigenvalue weighted by Gasteiger charge is -2.52. The molecular weight excluding hydrogens is 818 g/mol. The molecule has 0 aliphatic carbocycles. The molecule has 0 saturated carbocycles. The monoisotopic (exact) mass is 886 g/mol. The fraction of sp³-hybridized carbons (Fsp3) is 0.531. The Bertz CT molecular complexity index is 2120. The first kappa shape index (κ1) is 49.6. The van der Waals surface area contributed by atoms with Crippen molar-refractivity contribution >= 4 is 7.87 Å². The molecule has 13 nitrogen and oxygen atoms in total. The van der Waals surface area contributed by atoms with Crippen molar-refractivity contribution in [3.05, 3.63) is 128 Å². The van der Waals surface area contributed by atoms with Crippen LogP contribution < -0.4 is 20.7 Å². The van der Waals surface area contributed by atoms with Gasteiger partial charge in [0, 0.05) is 30.4 Å². The second-order valence-electron chi connectivity index (χ2n) is 16.8. The average molecular weight is 887 g/mol. The van der Waals surface area contributed by atoms with Crippen molar-refractivity contribution in [2.75, 3.05) is 54.2 Å². The van der Waals surface area contributed by atoms with Crippen LogP contribution in [0.2, 0.25) is 0 Å². The van der Waals surface area contributed by atoms with Gasteiger partial charge < -0.3 is 18.9 Å². The molecule has 0 radical (unpaired) electrons. The Balaban J connectivity index is 1.83. The first-order valence-electron chi connectivity index (χ1n) is 22.3. The molecule has 3 atom stereocenters. The highest BCUT2D eigenvalue weighted by molar-refractivity contribution is 7.65. The number of benzene rings is 3. The highest BCUT2D eigenvalue weighted by atomic mass is 31.2. The quantitative estimate of drug-likeness (QED) is 0.0409. The Morgan fingerprint density at radius 3 is 1.98 bits per heavy atom. The first-order chi connectivity index (χ1) is 30.3. The molecule has 0 bridgehead atoms. The van der Waals surface area contributed by atoms with Crippen molar-refractivity contribution in [2.45, 2.75) is 116 Å². The van der Waals surface area contributed by atoms with Crippen LogP contribution in [-0.4, -0.2) is 90.7 Å². The van der Waals surface area contributed by atoms with Gasteiger partial charge in [-0.1, -0.05) is 93.6 Å². The predicted octanol–water partition coefficient (Wildman–Crippen LogP) is 9.22. The first-order valence-corrected chi connectivity index (χ1v) is 23.9. The second-order valence-corrected chi connectivity index (χ2v) is 19.7. The number of hydrogen-bond donors (Lipinski definition) is 1. The Labute approximate surface area is 374 Å². The molecule has 1 aromatic heterocycles. The van der Waals surface area contributed by atoms with E-state index in [1.807, 2.05) is 66.7 Å². The van der Waals surface area contributed by atoms with Gasteiger partial charge in [0.25, 0.3) is 10.9 Å². The Morgan fingerprint density at radius 1 is 0.873 bits per heavy atom. The molecule has 14 heteroatoms. The highest BCUT2D eigenvalue weighted by Gasteiger charge is 2.73. The molecule has 1 N–H and O–H groups in total. The maximum Gasteiger partial charge on any atom is 0.386 e. The SMILES string of the molecule is CCCCCCCCN1C[C@H](n2cc(C)c(=O)[nH]c2=O)O[C@](COC(c2ccccc2)(c2ccc(OC)cc2)c2ccc(OC)cc2)([P+](OC)(OCCC#N)N(C(C)C)C(C)C)C1. The molecule has 63 heavy (non-hydrogen) atoms. The molecule has 2 heterocycles. The molecule has 5 rings (SSSR count). The Kier molecular flexibility index (Phi) is 18.1. The second kappa shape index (κ2) is 23.0. The number of nitrogens with zero attached hydrogens (tertiary/aromatic N) is 4. The van der Waals surface area contributed by atoms with E-state index < -0.39 is 36.3 Å². The van der Waals surface area contributed by atoms with Gasteiger partial charge in [-0.05, 0) is 88.5 Å². The van der Waals surface area contributed by atoms with Gasteiger partial charge in [0.15, 0.2) is 6.23 Å². The van der Waals surface area contributed by atoms with Gasteiger partial charge in [-0.15, -0.1) is 4.67 Å². The van der Waals surface area contributed by atoms with Gasteiger partial charge in [-0.25, -0.2) is 4.79 Å². The van der Waals surface area contributed by atoms with E-state index in [0.717, 1.165) is 42.4 Å². The number of methoxy groups -OCH3 is 2. The summed E-state index contributed by atoms with van der Waals surface area (Å²) >= 11 is 0. The topological polar surface area (TPSA) is 141 Å². The normalized spacial score (nSPS) is 18.1. The molecule has 1 unspecified atom stereocenters. The summed E-state index contributed by atoms with van der Waals surface area (Å²) in [6.07, 6.45) is 7.41. The van der Waals surface area contributed by atoms with Gasteiger partial charge in [0.1, 0.15) is 30.3 Å². The zero-order valence-electron chi connectivity index (χ0n) is 38.8. The van der Waals surface area contributed by atoms with E-state index in [4.69, 9.17) is 28.0 Å². The number of morpholine rings is 1. The van der Waals surface area contributed by atoms with Crippen molar-refractivity contribution in [3.8, 4) is 17.6 Å². The number of nitrogens with one attached hydrogen (secondary N) is 1. The van der Waals surface area contributed by atoms with Gasteiger partial charge in [-0.2, -0.15) is 14.3 Å². The van der Waals surface area contributed by atoms with Crippen LogP contribution in [-0.2, 0) is 24.1 Å². The Hall–Kier alpha value is -4.38. The van der Waals surface area contributed by atoms with E-state index in [0.29, 0.717) is 36.7 Å². The summed E-state index contributed by atoms with van der Waals surface area (Å²) in [6, 6.07) is 27.8. The minimum absolute atomic E-state index is 0.0692. The van der Waals surface area contributed by atoms with E-state index >= 15 is 0 Å². The van der Waals surface area contributed by atoms with E-state index in [1.54, 1.807) is 34.4 Å². The van der Waals surface area contributed by atoms with Crippen LogP contribution >= 0.6 is 7.87 Å². The zero-order valence-corrected chi connectivity index (χ0v) is 39.7. The summed E-state index contributed by atoms with van der Waals surface area (Å²) < 4.78 is 44.4. The zero-order chi connectivity index (χ0) is 45.6. The summed E-state index contributed by atoms with van der Waals surface area (Å²) in [5, 5.41) is 8.46.